The number of ether oxygens (including phenoxy) is 1. The molecule has 9 nitrogen and oxygen atoms in total. The number of aliphatic hydroxyl groups is 1. The van der Waals surface area contributed by atoms with Gasteiger partial charge in [0.25, 0.3) is 5.91 Å². The highest BCUT2D eigenvalue weighted by Gasteiger charge is 2.40. The number of nitrogens with two attached hydrogens (primary N) is 1. The van der Waals surface area contributed by atoms with Crippen molar-refractivity contribution in [1.82, 2.24) is 20.2 Å². The summed E-state index contributed by atoms with van der Waals surface area (Å²) in [5.41, 5.74) is 9.79. The molecule has 4 aromatic rings. The predicted molar refractivity (Wildman–Crippen MR) is 146 cm³/mol. The quantitative estimate of drug-likeness (QED) is 0.322. The Morgan fingerprint density at radius 3 is 2.67 bits per heavy atom. The summed E-state index contributed by atoms with van der Waals surface area (Å²) in [6.07, 6.45) is 2.75. The molecule has 0 spiro atoms. The Labute approximate surface area is 226 Å². The van der Waals surface area contributed by atoms with Gasteiger partial charge < -0.3 is 20.9 Å². The van der Waals surface area contributed by atoms with Gasteiger partial charge in [-0.15, -0.1) is 0 Å². The van der Waals surface area contributed by atoms with Crippen LogP contribution in [-0.2, 0) is 17.9 Å². The number of amides is 2. The normalized spacial score (nSPS) is 19.5. The van der Waals surface area contributed by atoms with Crippen molar-refractivity contribution in [1.29, 1.82) is 0 Å². The lowest BCUT2D eigenvalue weighted by atomic mass is 9.88. The number of primary amides is 1. The number of nitrogens with one attached hydrogen (secondary N) is 1. The van der Waals surface area contributed by atoms with Crippen molar-refractivity contribution >= 4 is 22.7 Å². The van der Waals surface area contributed by atoms with Crippen LogP contribution in [0.25, 0.3) is 10.9 Å². The second kappa shape index (κ2) is 11.6. The smallest absolute Gasteiger partial charge is 0.251 e. The average molecular weight is 526 g/mol. The molecule has 1 aliphatic heterocycles. The van der Waals surface area contributed by atoms with Crippen LogP contribution in [0.3, 0.4) is 0 Å². The van der Waals surface area contributed by atoms with Gasteiger partial charge in [0.05, 0.1) is 17.5 Å². The lowest BCUT2D eigenvalue weighted by Gasteiger charge is -2.42. The van der Waals surface area contributed by atoms with Gasteiger partial charge in [-0.25, -0.2) is 0 Å². The number of likely N-dealkylation sites (tertiary alicyclic amines) is 1. The first-order valence-corrected chi connectivity index (χ1v) is 12.9. The van der Waals surface area contributed by atoms with Gasteiger partial charge in [0.2, 0.25) is 5.91 Å². The zero-order chi connectivity index (χ0) is 27.4. The van der Waals surface area contributed by atoms with Gasteiger partial charge in [0, 0.05) is 47.7 Å². The highest BCUT2D eigenvalue weighted by molar-refractivity contribution is 5.95. The van der Waals surface area contributed by atoms with Crippen LogP contribution in [0.1, 0.15) is 33.6 Å². The van der Waals surface area contributed by atoms with E-state index >= 15 is 0 Å². The largest absolute Gasteiger partial charge is 0.489 e. The summed E-state index contributed by atoms with van der Waals surface area (Å²) in [5, 5.41) is 15.0. The van der Waals surface area contributed by atoms with Crippen LogP contribution < -0.4 is 15.8 Å². The van der Waals surface area contributed by atoms with Crippen LogP contribution in [0.4, 0.5) is 0 Å². The van der Waals surface area contributed by atoms with Crippen molar-refractivity contribution in [3.63, 3.8) is 0 Å². The molecule has 1 saturated heterocycles. The van der Waals surface area contributed by atoms with Crippen LogP contribution in [0.5, 0.6) is 5.75 Å². The molecule has 2 aromatic heterocycles. The van der Waals surface area contributed by atoms with Crippen LogP contribution in [0.15, 0.2) is 79.1 Å². The van der Waals surface area contributed by atoms with E-state index in [2.05, 4.69) is 15.3 Å². The van der Waals surface area contributed by atoms with Crippen LogP contribution in [0, 0.1) is 12.8 Å². The molecule has 4 N–H and O–H groups in total. The number of carbonyl (C=O) groups is 2. The molecular formula is C30H31N5O4. The van der Waals surface area contributed by atoms with E-state index < -0.39 is 30.0 Å². The van der Waals surface area contributed by atoms with Gasteiger partial charge >= 0.3 is 0 Å². The first-order valence-electron chi connectivity index (χ1n) is 12.9. The van der Waals surface area contributed by atoms with E-state index in [1.165, 1.54) is 0 Å². The summed E-state index contributed by atoms with van der Waals surface area (Å²) in [4.78, 5) is 35.7. The molecule has 0 radical (unpaired) electrons. The zero-order valence-electron chi connectivity index (χ0n) is 21.7. The number of carbonyl (C=O) groups excluding carboxylic acids is 2. The number of hydrogen-bond donors (Lipinski definition) is 3. The number of aromatic nitrogens is 2. The number of piperidine rings is 1. The Morgan fingerprint density at radius 2 is 1.92 bits per heavy atom. The Hall–Kier alpha value is -4.34. The monoisotopic (exact) mass is 525 g/mol. The molecule has 1 fully saturated rings. The maximum Gasteiger partial charge on any atom is 0.251 e. The minimum atomic E-state index is -1.08. The predicted octanol–water partition coefficient (Wildman–Crippen LogP) is 2.94. The van der Waals surface area contributed by atoms with E-state index in [-0.39, 0.29) is 0 Å². The minimum Gasteiger partial charge on any atom is -0.489 e. The summed E-state index contributed by atoms with van der Waals surface area (Å²) >= 11 is 0. The maximum atomic E-state index is 13.1. The Kier molecular flexibility index (Phi) is 7.81. The highest BCUT2D eigenvalue weighted by Crippen LogP contribution is 2.25. The summed E-state index contributed by atoms with van der Waals surface area (Å²) in [6, 6.07) is 19.6. The number of para-hydroxylation sites is 1. The van der Waals surface area contributed by atoms with Gasteiger partial charge in [-0.3, -0.25) is 24.5 Å². The molecule has 2 aromatic carbocycles. The van der Waals surface area contributed by atoms with Gasteiger partial charge in [0.15, 0.2) is 0 Å². The van der Waals surface area contributed by atoms with Gasteiger partial charge in [-0.1, -0.05) is 24.3 Å². The third-order valence-electron chi connectivity index (χ3n) is 7.07. The molecule has 9 heteroatoms. The number of pyridine rings is 2. The first kappa shape index (κ1) is 26.3. The molecule has 0 saturated carbocycles. The molecule has 2 amide bonds. The zero-order valence-corrected chi connectivity index (χ0v) is 21.7. The molecule has 0 bridgehead atoms. The van der Waals surface area contributed by atoms with Crippen molar-refractivity contribution in [2.75, 3.05) is 6.54 Å². The molecule has 3 atom stereocenters. The van der Waals surface area contributed by atoms with Gasteiger partial charge in [-0.2, -0.15) is 0 Å². The molecule has 200 valence electrons. The fraction of sp³-hybridized carbons (Fsp3) is 0.267. The number of aryl methyl sites for hydroxylation is 1. The Balaban J connectivity index is 1.25. The molecule has 1 aliphatic rings. The molecule has 3 unspecified atom stereocenters. The summed E-state index contributed by atoms with van der Waals surface area (Å²) in [6.45, 7) is 3.21. The Morgan fingerprint density at radius 1 is 1.13 bits per heavy atom. The van der Waals surface area contributed by atoms with Crippen molar-refractivity contribution in [3.8, 4) is 5.75 Å². The Bertz CT molecular complexity index is 1460. The fourth-order valence-electron chi connectivity index (χ4n) is 5.06. The van der Waals surface area contributed by atoms with E-state index in [1.54, 1.807) is 36.7 Å². The van der Waals surface area contributed by atoms with E-state index in [1.807, 2.05) is 54.3 Å². The van der Waals surface area contributed by atoms with Crippen LogP contribution in [0.2, 0.25) is 0 Å². The van der Waals surface area contributed by atoms with E-state index in [0.29, 0.717) is 37.4 Å². The molecular weight excluding hydrogens is 494 g/mol. The maximum absolute atomic E-state index is 13.1. The second-order valence-electron chi connectivity index (χ2n) is 9.80. The number of rotatable bonds is 8. The highest BCUT2D eigenvalue weighted by atomic mass is 16.5. The molecule has 3 heterocycles. The van der Waals surface area contributed by atoms with Crippen molar-refractivity contribution in [2.24, 2.45) is 11.7 Å². The SMILES string of the molecule is Cc1cc(COc2ccc(C(=O)NC3C(C(N)=O)CCN(Cc4cccnc4)C3O)cc2)c2ccccc2n1. The summed E-state index contributed by atoms with van der Waals surface area (Å²) < 4.78 is 6.00. The topological polar surface area (TPSA) is 131 Å². The number of nitrogens with zero attached hydrogens (tertiary/aromatic N) is 3. The lowest BCUT2D eigenvalue weighted by molar-refractivity contribution is -0.131. The number of hydrogen-bond acceptors (Lipinski definition) is 7. The van der Waals surface area contributed by atoms with Gasteiger partial charge in [0.1, 0.15) is 18.6 Å². The number of benzene rings is 2. The minimum absolute atomic E-state index is 0.358. The van der Waals surface area contributed by atoms with Crippen molar-refractivity contribution < 1.29 is 19.4 Å². The summed E-state index contributed by atoms with van der Waals surface area (Å²) in [5.74, 6) is -1.03. The van der Waals surface area contributed by atoms with Crippen molar-refractivity contribution in [2.45, 2.75) is 38.8 Å². The van der Waals surface area contributed by atoms with Crippen molar-refractivity contribution in [3.05, 3.63) is 102 Å². The average Bonchev–Trinajstić information content (AvgIpc) is 2.94. The van der Waals surface area contributed by atoms with Crippen LogP contribution >= 0.6 is 0 Å². The van der Waals surface area contributed by atoms with Crippen LogP contribution in [-0.4, -0.2) is 50.6 Å². The molecule has 5 rings (SSSR count). The van der Waals surface area contributed by atoms with E-state index in [4.69, 9.17) is 10.5 Å². The van der Waals surface area contributed by atoms with Gasteiger partial charge in [-0.05, 0) is 61.4 Å². The summed E-state index contributed by atoms with van der Waals surface area (Å²) in [7, 11) is 0. The third kappa shape index (κ3) is 6.05. The lowest BCUT2D eigenvalue weighted by Crippen LogP contribution is -2.61. The molecule has 39 heavy (non-hydrogen) atoms. The standard InChI is InChI=1S/C30H31N5O4/c1-19-15-22(24-6-2-3-7-26(24)33-19)18-39-23-10-8-21(9-11-23)29(37)34-27-25(28(31)36)12-14-35(30(27)38)17-20-5-4-13-32-16-20/h2-11,13,15-16,25,27,30,38H,12,14,17-18H2,1H3,(H2,31,36)(H,34,37). The number of fused-ring (bicyclic) bond motifs is 1. The molecule has 0 aliphatic carbocycles. The fourth-order valence-corrected chi connectivity index (χ4v) is 5.06. The first-order chi connectivity index (χ1) is 18.9. The van der Waals surface area contributed by atoms with E-state index in [0.717, 1.165) is 27.7 Å². The second-order valence-corrected chi connectivity index (χ2v) is 9.80. The number of aliphatic hydroxyl groups excluding tert-OH is 1. The van der Waals surface area contributed by atoms with E-state index in [9.17, 15) is 14.7 Å². The third-order valence-corrected chi connectivity index (χ3v) is 7.07.